The van der Waals surface area contributed by atoms with E-state index in [0.717, 1.165) is 5.75 Å². The molecule has 0 unspecified atom stereocenters. The third kappa shape index (κ3) is 3.26. The maximum atomic E-state index is 11.2. The molecular formula is C17H15N3O4. The number of carbonyl (C=O) groups is 1. The summed E-state index contributed by atoms with van der Waals surface area (Å²) in [6.07, 6.45) is 0. The molecule has 0 fully saturated rings. The Morgan fingerprint density at radius 1 is 1.08 bits per heavy atom. The Bertz CT molecular complexity index is 829. The Balaban J connectivity index is 1.87. The van der Waals surface area contributed by atoms with E-state index in [1.54, 1.807) is 24.3 Å². The van der Waals surface area contributed by atoms with Crippen molar-refractivity contribution >= 4 is 5.97 Å². The molecule has 122 valence electrons. The lowest BCUT2D eigenvalue weighted by Crippen LogP contribution is -2.07. The van der Waals surface area contributed by atoms with Crippen LogP contribution < -0.4 is 4.74 Å². The van der Waals surface area contributed by atoms with Gasteiger partial charge in [0.2, 0.25) is 0 Å². The van der Waals surface area contributed by atoms with Gasteiger partial charge in [-0.2, -0.15) is 0 Å². The molecule has 0 aliphatic rings. The Kier molecular flexibility index (Phi) is 4.53. The number of carboxylic acid groups (broad SMARTS) is 1. The van der Waals surface area contributed by atoms with Gasteiger partial charge in [-0.05, 0) is 36.4 Å². The van der Waals surface area contributed by atoms with Crippen LogP contribution in [0.2, 0.25) is 0 Å². The molecule has 0 saturated heterocycles. The van der Waals surface area contributed by atoms with E-state index < -0.39 is 5.97 Å². The first-order valence-electron chi connectivity index (χ1n) is 7.19. The first-order chi connectivity index (χ1) is 11.7. The molecule has 7 heteroatoms. The number of benzene rings is 2. The summed E-state index contributed by atoms with van der Waals surface area (Å²) in [5.74, 6) is 0.258. The van der Waals surface area contributed by atoms with Crippen molar-refractivity contribution in [2.45, 2.75) is 6.61 Å². The predicted octanol–water partition coefficient (Wildman–Crippen LogP) is 2.90. The smallest absolute Gasteiger partial charge is 0.358 e. The fourth-order valence-corrected chi connectivity index (χ4v) is 2.22. The van der Waals surface area contributed by atoms with Gasteiger partial charge in [-0.1, -0.05) is 23.4 Å². The second kappa shape index (κ2) is 6.93. The normalized spacial score (nSPS) is 10.5. The lowest BCUT2D eigenvalue weighted by Gasteiger charge is -2.08. The van der Waals surface area contributed by atoms with Gasteiger partial charge in [0.25, 0.3) is 0 Å². The highest BCUT2D eigenvalue weighted by Gasteiger charge is 2.19. The van der Waals surface area contributed by atoms with Crippen molar-refractivity contribution < 1.29 is 19.4 Å². The number of aromatic carboxylic acids is 1. The zero-order chi connectivity index (χ0) is 16.9. The molecule has 1 heterocycles. The second-order valence-electron chi connectivity index (χ2n) is 4.94. The van der Waals surface area contributed by atoms with Crippen molar-refractivity contribution in [1.82, 2.24) is 15.0 Å². The molecule has 1 N–H and O–H groups in total. The third-order valence-electron chi connectivity index (χ3n) is 3.31. The van der Waals surface area contributed by atoms with Crippen LogP contribution in [0.25, 0.3) is 5.69 Å². The number of hydrogen-bond donors (Lipinski definition) is 1. The summed E-state index contributed by atoms with van der Waals surface area (Å²) in [4.78, 5) is 11.2. The number of methoxy groups -OCH3 is 1. The summed E-state index contributed by atoms with van der Waals surface area (Å²) in [6, 6.07) is 16.5. The van der Waals surface area contributed by atoms with E-state index in [4.69, 9.17) is 14.6 Å². The second-order valence-corrected chi connectivity index (χ2v) is 4.94. The monoisotopic (exact) mass is 325 g/mol. The number of hydrogen-bond acceptors (Lipinski definition) is 5. The van der Waals surface area contributed by atoms with Gasteiger partial charge >= 0.3 is 5.97 Å². The molecule has 0 spiro atoms. The molecule has 0 saturated carbocycles. The summed E-state index contributed by atoms with van der Waals surface area (Å²) < 4.78 is 12.2. The van der Waals surface area contributed by atoms with Crippen LogP contribution in [0.15, 0.2) is 54.6 Å². The molecule has 0 bridgehead atoms. The van der Waals surface area contributed by atoms with Crippen LogP contribution in [0.4, 0.5) is 0 Å². The quantitative estimate of drug-likeness (QED) is 0.750. The van der Waals surface area contributed by atoms with Gasteiger partial charge in [0.05, 0.1) is 12.3 Å². The topological polar surface area (TPSA) is 86.5 Å². The van der Waals surface area contributed by atoms with Gasteiger partial charge in [0, 0.05) is 7.11 Å². The standard InChI is InChI=1S/C17H15N3O4/c1-23-11-15-16(17(21)22)18-19-20(15)12-7-9-14(10-8-12)24-13-5-3-2-4-6-13/h2-10H,11H2,1H3,(H,21,22). The third-order valence-corrected chi connectivity index (χ3v) is 3.31. The molecule has 24 heavy (non-hydrogen) atoms. The van der Waals surface area contributed by atoms with Crippen molar-refractivity contribution in [3.8, 4) is 17.2 Å². The van der Waals surface area contributed by atoms with Crippen LogP contribution in [0.5, 0.6) is 11.5 Å². The molecular weight excluding hydrogens is 310 g/mol. The predicted molar refractivity (Wildman–Crippen MR) is 85.5 cm³/mol. The van der Waals surface area contributed by atoms with Gasteiger partial charge in [0.1, 0.15) is 17.2 Å². The number of ether oxygens (including phenoxy) is 2. The Morgan fingerprint density at radius 2 is 1.75 bits per heavy atom. The van der Waals surface area contributed by atoms with Gasteiger partial charge in [0.15, 0.2) is 5.69 Å². The van der Waals surface area contributed by atoms with Gasteiger partial charge < -0.3 is 14.6 Å². The van der Waals surface area contributed by atoms with Crippen LogP contribution in [0, 0.1) is 0 Å². The average molecular weight is 325 g/mol. The minimum absolute atomic E-state index is 0.0941. The molecule has 0 radical (unpaired) electrons. The molecule has 0 aliphatic carbocycles. The van der Waals surface area contributed by atoms with Crippen LogP contribution in [0.1, 0.15) is 16.2 Å². The molecule has 0 aliphatic heterocycles. The first kappa shape index (κ1) is 15.7. The van der Waals surface area contributed by atoms with Crippen molar-refractivity contribution in [3.05, 3.63) is 66.0 Å². The summed E-state index contributed by atoms with van der Waals surface area (Å²) in [5, 5.41) is 16.8. The Hall–Kier alpha value is -3.19. The van der Waals surface area contributed by atoms with Gasteiger partial charge in [-0.25, -0.2) is 9.48 Å². The lowest BCUT2D eigenvalue weighted by atomic mass is 10.2. The van der Waals surface area contributed by atoms with Crippen LogP contribution in [-0.4, -0.2) is 33.2 Å². The Labute approximate surface area is 138 Å². The van der Waals surface area contributed by atoms with Gasteiger partial charge in [-0.15, -0.1) is 5.10 Å². The molecule has 7 nitrogen and oxygen atoms in total. The fourth-order valence-electron chi connectivity index (χ4n) is 2.22. The first-order valence-corrected chi connectivity index (χ1v) is 7.19. The molecule has 3 aromatic rings. The maximum Gasteiger partial charge on any atom is 0.358 e. The van der Waals surface area contributed by atoms with Crippen LogP contribution in [-0.2, 0) is 11.3 Å². The minimum Gasteiger partial charge on any atom is -0.476 e. The number of rotatable bonds is 6. The maximum absolute atomic E-state index is 11.2. The number of aromatic nitrogens is 3. The molecule has 0 amide bonds. The van der Waals surface area contributed by atoms with Crippen LogP contribution in [0.3, 0.4) is 0 Å². The number of para-hydroxylation sites is 1. The number of carboxylic acids is 1. The highest BCUT2D eigenvalue weighted by molar-refractivity contribution is 5.86. The van der Waals surface area contributed by atoms with E-state index in [1.165, 1.54) is 11.8 Å². The summed E-state index contributed by atoms with van der Waals surface area (Å²) in [7, 11) is 1.49. The van der Waals surface area contributed by atoms with E-state index >= 15 is 0 Å². The molecule has 2 aromatic carbocycles. The zero-order valence-electron chi connectivity index (χ0n) is 12.9. The van der Waals surface area contributed by atoms with Crippen molar-refractivity contribution in [1.29, 1.82) is 0 Å². The van der Waals surface area contributed by atoms with E-state index in [2.05, 4.69) is 10.3 Å². The summed E-state index contributed by atoms with van der Waals surface area (Å²) in [6.45, 7) is 0.0941. The number of nitrogens with zero attached hydrogens (tertiary/aromatic N) is 3. The van der Waals surface area contributed by atoms with Crippen LogP contribution >= 0.6 is 0 Å². The van der Waals surface area contributed by atoms with Crippen molar-refractivity contribution in [2.24, 2.45) is 0 Å². The van der Waals surface area contributed by atoms with Gasteiger partial charge in [-0.3, -0.25) is 0 Å². The van der Waals surface area contributed by atoms with E-state index in [1.807, 2.05) is 30.3 Å². The molecule has 3 rings (SSSR count). The zero-order valence-corrected chi connectivity index (χ0v) is 12.9. The van der Waals surface area contributed by atoms with Crippen molar-refractivity contribution in [2.75, 3.05) is 7.11 Å². The largest absolute Gasteiger partial charge is 0.476 e. The molecule has 0 atom stereocenters. The van der Waals surface area contributed by atoms with Crippen molar-refractivity contribution in [3.63, 3.8) is 0 Å². The highest BCUT2D eigenvalue weighted by atomic mass is 16.5. The average Bonchev–Trinajstić information content (AvgIpc) is 3.01. The summed E-state index contributed by atoms with van der Waals surface area (Å²) >= 11 is 0. The minimum atomic E-state index is -1.14. The summed E-state index contributed by atoms with van der Waals surface area (Å²) in [5.41, 5.74) is 0.922. The van der Waals surface area contributed by atoms with E-state index in [9.17, 15) is 4.79 Å². The Morgan fingerprint density at radius 3 is 2.38 bits per heavy atom. The highest BCUT2D eigenvalue weighted by Crippen LogP contribution is 2.23. The SMILES string of the molecule is COCc1c(C(=O)O)nnn1-c1ccc(Oc2ccccc2)cc1. The van der Waals surface area contributed by atoms with E-state index in [-0.39, 0.29) is 12.3 Å². The van der Waals surface area contributed by atoms with E-state index in [0.29, 0.717) is 17.1 Å². The fraction of sp³-hybridized carbons (Fsp3) is 0.118. The molecule has 1 aromatic heterocycles. The lowest BCUT2D eigenvalue weighted by molar-refractivity contribution is 0.0685.